The van der Waals surface area contributed by atoms with Crippen molar-refractivity contribution in [2.24, 2.45) is 4.99 Å². The number of carbonyl (C=O) groups excluding carboxylic acids is 2. The number of likely N-dealkylation sites (N-methyl/N-ethyl adjacent to an activating group) is 1. The van der Waals surface area contributed by atoms with Gasteiger partial charge in [0.05, 0.1) is 18.2 Å². The molecule has 0 saturated carbocycles. The van der Waals surface area contributed by atoms with Crippen molar-refractivity contribution in [2.45, 2.75) is 33.4 Å². The lowest BCUT2D eigenvalue weighted by atomic mass is 9.99. The maximum atomic E-state index is 13.7. The molecule has 0 spiro atoms. The number of aromatic nitrogens is 1. The van der Waals surface area contributed by atoms with Gasteiger partial charge in [-0.15, -0.1) is 11.3 Å². The summed E-state index contributed by atoms with van der Waals surface area (Å²) in [6.45, 7) is 6.48. The maximum absolute atomic E-state index is 13.7. The third-order valence-electron chi connectivity index (χ3n) is 6.47. The molecule has 4 rings (SSSR count). The molecule has 2 amide bonds. The molecule has 0 aliphatic heterocycles. The standard InChI is InChI=1S/C31H31F2N5O2S/c1-5-35-28(31(40)34-4)24-15-21(9-8-18(24)2)27-13-11-22(41-27)17-37-29-23(7-6-14-36-29)30(39)38-19(3)20-10-12-25(32)26(33)16-20/h6-16,19H,5,17H2,1-4H3,(H,34,40)(H,36,37)(H,38,39). The minimum Gasteiger partial charge on any atom is -0.365 e. The Morgan fingerprint density at radius 3 is 2.56 bits per heavy atom. The topological polar surface area (TPSA) is 95.5 Å². The zero-order valence-electron chi connectivity index (χ0n) is 23.2. The van der Waals surface area contributed by atoms with Gasteiger partial charge in [0.2, 0.25) is 0 Å². The predicted octanol–water partition coefficient (Wildman–Crippen LogP) is 6.05. The molecule has 1 atom stereocenters. The molecule has 0 fully saturated rings. The number of aryl methyl sites for hydroxylation is 1. The monoisotopic (exact) mass is 575 g/mol. The second-order valence-corrected chi connectivity index (χ2v) is 10.5. The van der Waals surface area contributed by atoms with Gasteiger partial charge in [-0.1, -0.05) is 18.2 Å². The number of hydrogen-bond acceptors (Lipinski definition) is 6. The minimum atomic E-state index is -0.967. The summed E-state index contributed by atoms with van der Waals surface area (Å²) in [5.74, 6) is -2.12. The molecule has 0 radical (unpaired) electrons. The van der Waals surface area contributed by atoms with E-state index in [4.69, 9.17) is 0 Å². The van der Waals surface area contributed by atoms with Crippen LogP contribution in [-0.4, -0.2) is 36.1 Å². The molecule has 212 valence electrons. The Labute approximate surface area is 241 Å². The van der Waals surface area contributed by atoms with Crippen LogP contribution in [0.4, 0.5) is 14.6 Å². The van der Waals surface area contributed by atoms with E-state index in [-0.39, 0.29) is 5.91 Å². The number of rotatable bonds is 10. The molecule has 3 N–H and O–H groups in total. The first-order valence-corrected chi connectivity index (χ1v) is 13.9. The number of nitrogens with zero attached hydrogens (tertiary/aromatic N) is 2. The SMILES string of the molecule is CCN=C(C(=O)NC)c1cc(-c2ccc(CNc3ncccc3C(=O)NC(C)c3ccc(F)c(F)c3)s2)ccc1C. The molecule has 0 aliphatic rings. The summed E-state index contributed by atoms with van der Waals surface area (Å²) >= 11 is 1.59. The van der Waals surface area contributed by atoms with Crippen molar-refractivity contribution in [1.29, 1.82) is 0 Å². The van der Waals surface area contributed by atoms with Gasteiger partial charge in [-0.05, 0) is 79.9 Å². The highest BCUT2D eigenvalue weighted by Gasteiger charge is 2.18. The van der Waals surface area contributed by atoms with Gasteiger partial charge < -0.3 is 16.0 Å². The van der Waals surface area contributed by atoms with Gasteiger partial charge in [0.15, 0.2) is 11.6 Å². The van der Waals surface area contributed by atoms with Gasteiger partial charge in [0.25, 0.3) is 11.8 Å². The van der Waals surface area contributed by atoms with Crippen LogP contribution in [0.1, 0.15) is 51.8 Å². The minimum absolute atomic E-state index is 0.224. The number of nitrogens with one attached hydrogen (secondary N) is 3. The van der Waals surface area contributed by atoms with E-state index in [0.717, 1.165) is 38.6 Å². The van der Waals surface area contributed by atoms with Crippen molar-refractivity contribution in [2.75, 3.05) is 18.9 Å². The van der Waals surface area contributed by atoms with Crippen molar-refractivity contribution in [3.8, 4) is 10.4 Å². The van der Waals surface area contributed by atoms with Gasteiger partial charge in [-0.3, -0.25) is 14.6 Å². The van der Waals surface area contributed by atoms with Crippen LogP contribution in [0.25, 0.3) is 10.4 Å². The van der Waals surface area contributed by atoms with Gasteiger partial charge >= 0.3 is 0 Å². The normalized spacial score (nSPS) is 12.1. The number of anilines is 1. The Kier molecular flexibility index (Phi) is 9.57. The largest absolute Gasteiger partial charge is 0.365 e. The molecule has 2 heterocycles. The zero-order chi connectivity index (χ0) is 29.5. The fourth-order valence-electron chi connectivity index (χ4n) is 4.25. The van der Waals surface area contributed by atoms with E-state index in [2.05, 4.69) is 25.9 Å². The number of carbonyl (C=O) groups is 2. The molecule has 41 heavy (non-hydrogen) atoms. The molecule has 4 aromatic rings. The van der Waals surface area contributed by atoms with Crippen LogP contribution < -0.4 is 16.0 Å². The van der Waals surface area contributed by atoms with E-state index in [9.17, 15) is 18.4 Å². The molecule has 2 aromatic carbocycles. The summed E-state index contributed by atoms with van der Waals surface area (Å²) < 4.78 is 27.0. The lowest BCUT2D eigenvalue weighted by molar-refractivity contribution is -0.114. The van der Waals surface area contributed by atoms with Crippen LogP contribution in [0.3, 0.4) is 0 Å². The quantitative estimate of drug-likeness (QED) is 0.201. The summed E-state index contributed by atoms with van der Waals surface area (Å²) in [5, 5.41) is 8.73. The van der Waals surface area contributed by atoms with Gasteiger partial charge in [0.1, 0.15) is 11.5 Å². The smallest absolute Gasteiger partial charge is 0.269 e. The Hall–Kier alpha value is -4.44. The summed E-state index contributed by atoms with van der Waals surface area (Å²) in [6, 6.07) is 16.3. The molecular weight excluding hydrogens is 544 g/mol. The van der Waals surface area contributed by atoms with Crippen molar-refractivity contribution >= 4 is 34.7 Å². The van der Waals surface area contributed by atoms with Gasteiger partial charge in [-0.2, -0.15) is 0 Å². The van der Waals surface area contributed by atoms with Crippen molar-refractivity contribution in [3.05, 3.63) is 106 Å². The van der Waals surface area contributed by atoms with Crippen molar-refractivity contribution in [3.63, 3.8) is 0 Å². The fourth-order valence-corrected chi connectivity index (χ4v) is 5.20. The summed E-state index contributed by atoms with van der Waals surface area (Å²) in [6.07, 6.45) is 1.59. The van der Waals surface area contributed by atoms with Crippen LogP contribution in [0.2, 0.25) is 0 Å². The Morgan fingerprint density at radius 2 is 1.83 bits per heavy atom. The predicted molar refractivity (Wildman–Crippen MR) is 159 cm³/mol. The van der Waals surface area contributed by atoms with Gasteiger partial charge in [0, 0.05) is 35.1 Å². The van der Waals surface area contributed by atoms with E-state index in [1.165, 1.54) is 6.07 Å². The number of aliphatic imine (C=N–C) groups is 1. The Balaban J connectivity index is 1.48. The fraction of sp³-hybridized carbons (Fsp3) is 0.226. The summed E-state index contributed by atoms with van der Waals surface area (Å²) in [7, 11) is 1.59. The first-order valence-electron chi connectivity index (χ1n) is 13.1. The number of benzene rings is 2. The average molecular weight is 576 g/mol. The molecule has 1 unspecified atom stereocenters. The molecule has 7 nitrogen and oxygen atoms in total. The maximum Gasteiger partial charge on any atom is 0.269 e. The van der Waals surface area contributed by atoms with Crippen LogP contribution in [0.15, 0.2) is 71.9 Å². The number of thiophene rings is 1. The summed E-state index contributed by atoms with van der Waals surface area (Å²) in [5.41, 5.74) is 3.91. The summed E-state index contributed by atoms with van der Waals surface area (Å²) in [4.78, 5) is 36.3. The molecule has 0 aliphatic carbocycles. The first kappa shape index (κ1) is 29.5. The molecule has 0 saturated heterocycles. The van der Waals surface area contributed by atoms with E-state index in [0.29, 0.717) is 35.7 Å². The van der Waals surface area contributed by atoms with E-state index < -0.39 is 23.6 Å². The number of amides is 2. The third-order valence-corrected chi connectivity index (χ3v) is 7.61. The van der Waals surface area contributed by atoms with Gasteiger partial charge in [-0.25, -0.2) is 13.8 Å². The van der Waals surface area contributed by atoms with Crippen LogP contribution in [0, 0.1) is 18.6 Å². The Bertz CT molecular complexity index is 1600. The third kappa shape index (κ3) is 7.01. The molecular formula is C31H31F2N5O2S. The lowest BCUT2D eigenvalue weighted by Gasteiger charge is -2.16. The zero-order valence-corrected chi connectivity index (χ0v) is 24.0. The molecule has 10 heteroatoms. The van der Waals surface area contributed by atoms with E-state index >= 15 is 0 Å². The van der Waals surface area contributed by atoms with Crippen LogP contribution in [-0.2, 0) is 11.3 Å². The van der Waals surface area contributed by atoms with Crippen molar-refractivity contribution < 1.29 is 18.4 Å². The van der Waals surface area contributed by atoms with E-state index in [1.54, 1.807) is 43.6 Å². The van der Waals surface area contributed by atoms with Crippen LogP contribution in [0.5, 0.6) is 0 Å². The number of halogens is 2. The second kappa shape index (κ2) is 13.3. The molecule has 0 bridgehead atoms. The average Bonchev–Trinajstić information content (AvgIpc) is 3.45. The lowest BCUT2D eigenvalue weighted by Crippen LogP contribution is -2.29. The highest BCUT2D eigenvalue weighted by Crippen LogP contribution is 2.30. The number of pyridine rings is 1. The van der Waals surface area contributed by atoms with E-state index in [1.807, 2.05) is 44.2 Å². The number of hydrogen-bond donors (Lipinski definition) is 3. The second-order valence-electron chi connectivity index (χ2n) is 9.32. The highest BCUT2D eigenvalue weighted by atomic mass is 32.1. The Morgan fingerprint density at radius 1 is 1.02 bits per heavy atom. The molecule has 2 aromatic heterocycles. The highest BCUT2D eigenvalue weighted by molar-refractivity contribution is 7.15. The van der Waals surface area contributed by atoms with Crippen LogP contribution >= 0.6 is 11.3 Å². The first-order chi connectivity index (χ1) is 19.7. The van der Waals surface area contributed by atoms with Crippen molar-refractivity contribution in [1.82, 2.24) is 15.6 Å².